The van der Waals surface area contributed by atoms with Gasteiger partial charge in [-0.3, -0.25) is 4.79 Å². The van der Waals surface area contributed by atoms with Crippen LogP contribution in [0.1, 0.15) is 21.5 Å². The molecule has 1 heterocycles. The summed E-state index contributed by atoms with van der Waals surface area (Å²) >= 11 is 0. The first kappa shape index (κ1) is 31.8. The molecule has 13 nitrogen and oxygen atoms in total. The molecular weight excluding hydrogens is 580 g/mol. The number of aliphatic hydroxyl groups excluding tert-OH is 3. The summed E-state index contributed by atoms with van der Waals surface area (Å²) < 4.78 is 21.0. The van der Waals surface area contributed by atoms with Crippen LogP contribution in [0.5, 0.6) is 34.5 Å². The molecule has 232 valence electrons. The Morgan fingerprint density at radius 2 is 1.45 bits per heavy atom. The fraction of sp³-hybridized carbons (Fsp3) is 0.226. The van der Waals surface area contributed by atoms with Crippen molar-refractivity contribution in [2.24, 2.45) is 0 Å². The van der Waals surface area contributed by atoms with E-state index in [1.807, 2.05) is 0 Å². The molecule has 1 aliphatic heterocycles. The molecule has 0 spiro atoms. The minimum atomic E-state index is -1.74. The summed E-state index contributed by atoms with van der Waals surface area (Å²) in [5, 5.41) is 70.9. The molecule has 0 aliphatic carbocycles. The van der Waals surface area contributed by atoms with Crippen molar-refractivity contribution < 1.29 is 64.3 Å². The molecule has 0 bridgehead atoms. The maximum atomic E-state index is 12.5. The van der Waals surface area contributed by atoms with E-state index in [0.29, 0.717) is 11.1 Å². The molecule has 1 aliphatic rings. The van der Waals surface area contributed by atoms with E-state index in [9.17, 15) is 45.3 Å². The summed E-state index contributed by atoms with van der Waals surface area (Å²) in [7, 11) is 1.29. The van der Waals surface area contributed by atoms with E-state index < -0.39 is 66.3 Å². The minimum absolute atomic E-state index is 0.0101. The van der Waals surface area contributed by atoms with Crippen molar-refractivity contribution in [1.29, 1.82) is 0 Å². The van der Waals surface area contributed by atoms with Crippen LogP contribution < -0.4 is 9.47 Å². The molecule has 0 aromatic heterocycles. The number of methoxy groups -OCH3 is 1. The van der Waals surface area contributed by atoms with Gasteiger partial charge in [-0.25, -0.2) is 4.79 Å². The quantitative estimate of drug-likeness (QED) is 0.0757. The third-order valence-electron chi connectivity index (χ3n) is 6.62. The minimum Gasteiger partial charge on any atom is -0.508 e. The highest BCUT2D eigenvalue weighted by Gasteiger charge is 2.45. The van der Waals surface area contributed by atoms with Crippen LogP contribution in [0.15, 0.2) is 66.7 Å². The number of aromatic hydroxyl groups is 4. The van der Waals surface area contributed by atoms with Crippen LogP contribution in [0, 0.1) is 0 Å². The molecule has 5 atom stereocenters. The zero-order valence-electron chi connectivity index (χ0n) is 23.2. The van der Waals surface area contributed by atoms with E-state index >= 15 is 0 Å². The molecule has 1 fully saturated rings. The molecule has 0 amide bonds. The van der Waals surface area contributed by atoms with Crippen LogP contribution >= 0.6 is 0 Å². The monoisotopic (exact) mass is 610 g/mol. The Labute approximate surface area is 250 Å². The summed E-state index contributed by atoms with van der Waals surface area (Å²) in [4.78, 5) is 24.7. The standard InChI is InChI=1S/C31H30O13/c1-41-23-12-9-19(26(36)27(23)37)20(33)10-4-17-5-11-22(21(34)14-17)43-31-30(40)29(39)28(38)24(44-31)15-42-25(35)13-6-16-2-7-18(32)8-3-16/h2-14,24,28-32,34,36-40H,15H2,1H3/t24-,28-,29-,30-,31-/m1/s1. The molecule has 1 saturated heterocycles. The third-order valence-corrected chi connectivity index (χ3v) is 6.62. The molecule has 0 radical (unpaired) electrons. The number of allylic oxidation sites excluding steroid dienone is 1. The van der Waals surface area contributed by atoms with E-state index in [4.69, 9.17) is 18.9 Å². The molecule has 0 unspecified atom stereocenters. The molecule has 7 N–H and O–H groups in total. The number of esters is 1. The van der Waals surface area contributed by atoms with Gasteiger partial charge in [0.15, 0.2) is 28.8 Å². The second-order valence-electron chi connectivity index (χ2n) is 9.62. The number of hydrogen-bond acceptors (Lipinski definition) is 13. The topological polar surface area (TPSA) is 213 Å². The maximum absolute atomic E-state index is 12.5. The number of hydrogen-bond donors (Lipinski definition) is 7. The van der Waals surface area contributed by atoms with Crippen LogP contribution in [-0.4, -0.2) is 91.9 Å². The molecule has 4 rings (SSSR count). The summed E-state index contributed by atoms with van der Waals surface area (Å²) in [6, 6.07) is 12.6. The average molecular weight is 611 g/mol. The number of benzene rings is 3. The maximum Gasteiger partial charge on any atom is 0.330 e. The molecule has 44 heavy (non-hydrogen) atoms. The van der Waals surface area contributed by atoms with Crippen LogP contribution in [0.2, 0.25) is 0 Å². The van der Waals surface area contributed by atoms with Crippen molar-refractivity contribution in [2.75, 3.05) is 13.7 Å². The van der Waals surface area contributed by atoms with Crippen molar-refractivity contribution in [3.63, 3.8) is 0 Å². The second-order valence-corrected chi connectivity index (χ2v) is 9.62. The molecule has 3 aromatic rings. The Morgan fingerprint density at radius 3 is 2.14 bits per heavy atom. The van der Waals surface area contributed by atoms with Crippen molar-refractivity contribution in [1.82, 2.24) is 0 Å². The lowest BCUT2D eigenvalue weighted by Gasteiger charge is -2.39. The van der Waals surface area contributed by atoms with Crippen molar-refractivity contribution in [2.45, 2.75) is 30.7 Å². The fourth-order valence-corrected chi connectivity index (χ4v) is 4.16. The zero-order chi connectivity index (χ0) is 32.0. The zero-order valence-corrected chi connectivity index (χ0v) is 23.2. The summed E-state index contributed by atoms with van der Waals surface area (Å²) in [6.45, 7) is -0.505. The second kappa shape index (κ2) is 13.9. The highest BCUT2D eigenvalue weighted by Crippen LogP contribution is 2.38. The van der Waals surface area contributed by atoms with Crippen LogP contribution in [-0.2, 0) is 14.3 Å². The lowest BCUT2D eigenvalue weighted by Crippen LogP contribution is -2.60. The number of rotatable bonds is 10. The number of phenolic OH excluding ortho intramolecular Hbond substituents is 4. The van der Waals surface area contributed by atoms with E-state index in [1.165, 1.54) is 61.7 Å². The van der Waals surface area contributed by atoms with Gasteiger partial charge in [-0.1, -0.05) is 24.3 Å². The van der Waals surface area contributed by atoms with E-state index in [1.54, 1.807) is 12.1 Å². The van der Waals surface area contributed by atoms with Gasteiger partial charge in [-0.15, -0.1) is 0 Å². The molecular formula is C31H30O13. The Bertz CT molecular complexity index is 1550. The van der Waals surface area contributed by atoms with Gasteiger partial charge >= 0.3 is 5.97 Å². The van der Waals surface area contributed by atoms with Crippen molar-refractivity contribution in [3.05, 3.63) is 83.4 Å². The highest BCUT2D eigenvalue weighted by atomic mass is 16.7. The van der Waals surface area contributed by atoms with E-state index in [2.05, 4.69) is 0 Å². The van der Waals surface area contributed by atoms with Crippen molar-refractivity contribution >= 4 is 23.9 Å². The number of ether oxygens (including phenoxy) is 4. The summed E-state index contributed by atoms with van der Waals surface area (Å²) in [6.07, 6.45) is -3.00. The first-order valence-electron chi connectivity index (χ1n) is 13.1. The third kappa shape index (κ3) is 7.46. The Morgan fingerprint density at radius 1 is 0.795 bits per heavy atom. The van der Waals surface area contributed by atoms with Gasteiger partial charge in [0.1, 0.15) is 36.8 Å². The molecule has 3 aromatic carbocycles. The fourth-order valence-electron chi connectivity index (χ4n) is 4.16. The number of aliphatic hydroxyl groups is 3. The highest BCUT2D eigenvalue weighted by molar-refractivity contribution is 6.09. The number of carbonyl (C=O) groups excluding carboxylic acids is 2. The van der Waals surface area contributed by atoms with Gasteiger partial charge in [-0.2, -0.15) is 0 Å². The predicted molar refractivity (Wildman–Crippen MR) is 153 cm³/mol. The van der Waals surface area contributed by atoms with Gasteiger partial charge in [0, 0.05) is 6.08 Å². The first-order valence-corrected chi connectivity index (χ1v) is 13.1. The lowest BCUT2D eigenvalue weighted by molar-refractivity contribution is -0.278. The first-order chi connectivity index (χ1) is 21.0. The molecule has 0 saturated carbocycles. The average Bonchev–Trinajstić information content (AvgIpc) is 3.01. The Balaban J connectivity index is 1.38. The smallest absolute Gasteiger partial charge is 0.330 e. The van der Waals surface area contributed by atoms with E-state index in [0.717, 1.165) is 12.2 Å². The van der Waals surface area contributed by atoms with Gasteiger partial charge < -0.3 is 54.7 Å². The number of phenols is 4. The van der Waals surface area contributed by atoms with Gasteiger partial charge in [0.25, 0.3) is 0 Å². The van der Waals surface area contributed by atoms with Gasteiger partial charge in [0.2, 0.25) is 12.0 Å². The Hall–Kier alpha value is -5.08. The SMILES string of the molecule is COc1ccc(C(=O)C=Cc2ccc(O[C@@H]3O[C@H](COC(=O)C=Cc4ccc(O)cc4)[C@@H](O)[C@@H](O)[C@H]3O)c(O)c2)c(O)c1O. The van der Waals surface area contributed by atoms with E-state index in [-0.39, 0.29) is 22.8 Å². The van der Waals surface area contributed by atoms with Crippen molar-refractivity contribution in [3.8, 4) is 34.5 Å². The van der Waals surface area contributed by atoms with Crippen LogP contribution in [0.4, 0.5) is 0 Å². The van der Waals surface area contributed by atoms with Gasteiger partial charge in [-0.05, 0) is 59.7 Å². The molecule has 13 heteroatoms. The van der Waals surface area contributed by atoms with Gasteiger partial charge in [0.05, 0.1) is 12.7 Å². The summed E-state index contributed by atoms with van der Waals surface area (Å²) in [5.74, 6) is -3.21. The number of ketones is 1. The Kier molecular flexibility index (Phi) is 10.1. The number of carbonyl (C=O) groups is 2. The lowest BCUT2D eigenvalue weighted by atomic mass is 9.99. The van der Waals surface area contributed by atoms with Crippen LogP contribution in [0.25, 0.3) is 12.2 Å². The predicted octanol–water partition coefficient (Wildman–Crippen LogP) is 1.86. The normalized spacial score (nSPS) is 21.8. The largest absolute Gasteiger partial charge is 0.508 e. The summed E-state index contributed by atoms with van der Waals surface area (Å²) in [5.41, 5.74) is 0.776. The van der Waals surface area contributed by atoms with Crippen LogP contribution in [0.3, 0.4) is 0 Å².